The van der Waals surface area contributed by atoms with Crippen molar-refractivity contribution in [3.63, 3.8) is 0 Å². The summed E-state index contributed by atoms with van der Waals surface area (Å²) >= 11 is 0. The van der Waals surface area contributed by atoms with E-state index in [9.17, 15) is 4.79 Å². The molecule has 0 saturated carbocycles. The van der Waals surface area contributed by atoms with Crippen molar-refractivity contribution in [2.24, 2.45) is 5.73 Å². The number of esters is 1. The molecule has 1 aliphatic rings. The first-order chi connectivity index (χ1) is 8.54. The second-order valence-electron chi connectivity index (χ2n) is 6.60. The standard InChI is InChI=1S/C14H27NO4/c1-12(2,3)19-11(16)13(4,15)7-6-8-14(5)17-9-10-18-14/h6-10,15H2,1-5H3/t13-/m1/s1. The molecule has 0 aromatic rings. The van der Waals surface area contributed by atoms with E-state index in [1.54, 1.807) is 6.92 Å². The molecule has 1 heterocycles. The predicted octanol–water partition coefficient (Wildman–Crippen LogP) is 1.98. The molecule has 112 valence electrons. The average Bonchev–Trinajstić information content (AvgIpc) is 2.62. The zero-order valence-corrected chi connectivity index (χ0v) is 12.7. The highest BCUT2D eigenvalue weighted by Gasteiger charge is 2.35. The van der Waals surface area contributed by atoms with Gasteiger partial charge in [-0.25, -0.2) is 0 Å². The molecule has 0 spiro atoms. The van der Waals surface area contributed by atoms with Gasteiger partial charge in [0.1, 0.15) is 11.1 Å². The van der Waals surface area contributed by atoms with E-state index in [2.05, 4.69) is 0 Å². The summed E-state index contributed by atoms with van der Waals surface area (Å²) in [7, 11) is 0. The van der Waals surface area contributed by atoms with Crippen molar-refractivity contribution in [1.29, 1.82) is 0 Å². The maximum atomic E-state index is 12.0. The Morgan fingerprint density at radius 2 is 1.79 bits per heavy atom. The summed E-state index contributed by atoms with van der Waals surface area (Å²) in [5.41, 5.74) is 4.56. The molecule has 5 nitrogen and oxygen atoms in total. The van der Waals surface area contributed by atoms with E-state index in [1.165, 1.54) is 0 Å². The lowest BCUT2D eigenvalue weighted by molar-refractivity contribution is -0.163. The molecule has 1 atom stereocenters. The highest BCUT2D eigenvalue weighted by atomic mass is 16.7. The van der Waals surface area contributed by atoms with Crippen LogP contribution in [0.1, 0.15) is 53.9 Å². The largest absolute Gasteiger partial charge is 0.459 e. The molecule has 0 amide bonds. The third-order valence-electron chi connectivity index (χ3n) is 3.09. The zero-order chi connectivity index (χ0) is 14.7. The molecular formula is C14H27NO4. The van der Waals surface area contributed by atoms with E-state index in [-0.39, 0.29) is 5.97 Å². The van der Waals surface area contributed by atoms with Gasteiger partial charge in [-0.3, -0.25) is 4.79 Å². The van der Waals surface area contributed by atoms with Crippen molar-refractivity contribution < 1.29 is 19.0 Å². The topological polar surface area (TPSA) is 70.8 Å². The predicted molar refractivity (Wildman–Crippen MR) is 72.6 cm³/mol. The summed E-state index contributed by atoms with van der Waals surface area (Å²) in [4.78, 5) is 12.0. The molecule has 2 N–H and O–H groups in total. The third-order valence-corrected chi connectivity index (χ3v) is 3.09. The Morgan fingerprint density at radius 3 is 2.26 bits per heavy atom. The van der Waals surface area contributed by atoms with Crippen LogP contribution in [0.3, 0.4) is 0 Å². The minimum atomic E-state index is -0.970. The second-order valence-corrected chi connectivity index (χ2v) is 6.60. The fourth-order valence-corrected chi connectivity index (χ4v) is 1.97. The molecule has 5 heteroatoms. The Labute approximate surface area is 115 Å². The lowest BCUT2D eigenvalue weighted by atomic mass is 9.94. The van der Waals surface area contributed by atoms with Gasteiger partial charge >= 0.3 is 5.97 Å². The van der Waals surface area contributed by atoms with Crippen molar-refractivity contribution in [2.75, 3.05) is 13.2 Å². The number of carbonyl (C=O) groups is 1. The lowest BCUT2D eigenvalue weighted by Gasteiger charge is -2.29. The van der Waals surface area contributed by atoms with Gasteiger partial charge in [0.2, 0.25) is 0 Å². The molecule has 1 saturated heterocycles. The number of hydrogen-bond acceptors (Lipinski definition) is 5. The summed E-state index contributed by atoms with van der Waals surface area (Å²) in [5, 5.41) is 0. The number of nitrogens with two attached hydrogens (primary N) is 1. The maximum absolute atomic E-state index is 12.0. The number of hydrogen-bond donors (Lipinski definition) is 1. The van der Waals surface area contributed by atoms with Crippen molar-refractivity contribution in [3.05, 3.63) is 0 Å². The molecule has 1 rings (SSSR count). The highest BCUT2D eigenvalue weighted by molar-refractivity contribution is 5.80. The SMILES string of the molecule is CC(C)(C)OC(=O)[C@](C)(N)CCCC1(C)OCCO1. The van der Waals surface area contributed by atoms with Crippen LogP contribution in [0, 0.1) is 0 Å². The summed E-state index contributed by atoms with van der Waals surface area (Å²) in [6.45, 7) is 10.4. The fourth-order valence-electron chi connectivity index (χ4n) is 1.97. The Bertz CT molecular complexity index is 314. The molecule has 0 unspecified atom stereocenters. The molecule has 19 heavy (non-hydrogen) atoms. The van der Waals surface area contributed by atoms with Crippen LogP contribution < -0.4 is 5.73 Å². The first kappa shape index (κ1) is 16.4. The monoisotopic (exact) mass is 273 g/mol. The van der Waals surface area contributed by atoms with E-state index in [1.807, 2.05) is 27.7 Å². The van der Waals surface area contributed by atoms with Crippen LogP contribution in [0.2, 0.25) is 0 Å². The Balaban J connectivity index is 2.39. The van der Waals surface area contributed by atoms with Crippen LogP contribution in [0.5, 0.6) is 0 Å². The average molecular weight is 273 g/mol. The Hall–Kier alpha value is -0.650. The number of ether oxygens (including phenoxy) is 3. The molecule has 0 radical (unpaired) electrons. The van der Waals surface area contributed by atoms with Crippen LogP contribution in [-0.4, -0.2) is 36.1 Å². The lowest BCUT2D eigenvalue weighted by Crippen LogP contribution is -2.48. The summed E-state index contributed by atoms with van der Waals surface area (Å²) in [6, 6.07) is 0. The quantitative estimate of drug-likeness (QED) is 0.776. The highest BCUT2D eigenvalue weighted by Crippen LogP contribution is 2.27. The van der Waals surface area contributed by atoms with Crippen LogP contribution in [0.15, 0.2) is 0 Å². The summed E-state index contributed by atoms with van der Waals surface area (Å²) in [6.07, 6.45) is 2.02. The Kier molecular flexibility index (Phi) is 4.98. The zero-order valence-electron chi connectivity index (χ0n) is 12.7. The van der Waals surface area contributed by atoms with Crippen molar-refractivity contribution in [2.45, 2.75) is 70.8 Å². The first-order valence-corrected chi connectivity index (χ1v) is 6.84. The van der Waals surface area contributed by atoms with E-state index in [4.69, 9.17) is 19.9 Å². The summed E-state index contributed by atoms with van der Waals surface area (Å²) in [5.74, 6) is -0.886. The van der Waals surface area contributed by atoms with Gasteiger partial charge in [0.05, 0.1) is 13.2 Å². The normalized spacial score (nSPS) is 22.0. The fraction of sp³-hybridized carbons (Fsp3) is 0.929. The van der Waals surface area contributed by atoms with Gasteiger partial charge in [0, 0.05) is 6.42 Å². The van der Waals surface area contributed by atoms with Crippen LogP contribution in [-0.2, 0) is 19.0 Å². The summed E-state index contributed by atoms with van der Waals surface area (Å²) < 4.78 is 16.4. The van der Waals surface area contributed by atoms with Crippen molar-refractivity contribution >= 4 is 5.97 Å². The second kappa shape index (κ2) is 5.77. The van der Waals surface area contributed by atoms with Crippen LogP contribution in [0.4, 0.5) is 0 Å². The molecule has 1 aliphatic heterocycles. The molecule has 0 aromatic carbocycles. The van der Waals surface area contributed by atoms with E-state index in [0.717, 1.165) is 12.8 Å². The minimum Gasteiger partial charge on any atom is -0.459 e. The molecule has 0 bridgehead atoms. The van der Waals surface area contributed by atoms with Crippen LogP contribution in [0.25, 0.3) is 0 Å². The molecule has 1 fully saturated rings. The van der Waals surface area contributed by atoms with E-state index >= 15 is 0 Å². The minimum absolute atomic E-state index is 0.363. The number of carbonyl (C=O) groups excluding carboxylic acids is 1. The van der Waals surface area contributed by atoms with Crippen molar-refractivity contribution in [3.8, 4) is 0 Å². The third kappa shape index (κ3) is 5.47. The molecule has 0 aromatic heterocycles. The van der Waals surface area contributed by atoms with Gasteiger partial charge in [-0.1, -0.05) is 0 Å². The van der Waals surface area contributed by atoms with Crippen molar-refractivity contribution in [1.82, 2.24) is 0 Å². The van der Waals surface area contributed by atoms with Gasteiger partial charge in [0.25, 0.3) is 0 Å². The van der Waals surface area contributed by atoms with Crippen LogP contribution >= 0.6 is 0 Å². The maximum Gasteiger partial charge on any atom is 0.326 e. The van der Waals surface area contributed by atoms with Gasteiger partial charge in [-0.15, -0.1) is 0 Å². The number of rotatable bonds is 5. The molecular weight excluding hydrogens is 246 g/mol. The Morgan fingerprint density at radius 1 is 1.26 bits per heavy atom. The van der Waals surface area contributed by atoms with E-state index in [0.29, 0.717) is 19.6 Å². The van der Waals surface area contributed by atoms with Gasteiger partial charge < -0.3 is 19.9 Å². The first-order valence-electron chi connectivity index (χ1n) is 6.84. The van der Waals surface area contributed by atoms with Gasteiger partial charge in [-0.2, -0.15) is 0 Å². The smallest absolute Gasteiger partial charge is 0.326 e. The van der Waals surface area contributed by atoms with Gasteiger partial charge in [0.15, 0.2) is 5.79 Å². The molecule has 0 aliphatic carbocycles. The van der Waals surface area contributed by atoms with Gasteiger partial charge in [-0.05, 0) is 47.5 Å². The van der Waals surface area contributed by atoms with E-state index < -0.39 is 16.9 Å².